The van der Waals surface area contributed by atoms with Gasteiger partial charge in [-0.05, 0) is 26.3 Å². The van der Waals surface area contributed by atoms with Crippen molar-refractivity contribution in [2.45, 2.75) is 45.8 Å². The van der Waals surface area contributed by atoms with Crippen molar-refractivity contribution in [2.75, 3.05) is 6.54 Å². The van der Waals surface area contributed by atoms with Crippen LogP contribution in [0, 0.1) is 5.92 Å². The number of hydrogen-bond donors (Lipinski definition) is 3. The third kappa shape index (κ3) is 5.19. The van der Waals surface area contributed by atoms with Crippen molar-refractivity contribution in [1.82, 2.24) is 5.32 Å². The molecule has 0 radical (unpaired) electrons. The molecule has 84 valence electrons. The highest BCUT2D eigenvalue weighted by atomic mass is 16.4. The van der Waals surface area contributed by atoms with E-state index in [-0.39, 0.29) is 12.1 Å². The maximum absolute atomic E-state index is 10.6. The predicted molar refractivity (Wildman–Crippen MR) is 55.2 cm³/mol. The van der Waals surface area contributed by atoms with Crippen LogP contribution in [0.1, 0.15) is 33.6 Å². The maximum Gasteiger partial charge on any atom is 0.307 e. The Morgan fingerprint density at radius 2 is 2.00 bits per heavy atom. The summed E-state index contributed by atoms with van der Waals surface area (Å²) in [5.41, 5.74) is 0. The van der Waals surface area contributed by atoms with Gasteiger partial charge in [0.05, 0.1) is 12.0 Å². The van der Waals surface area contributed by atoms with Gasteiger partial charge in [0.2, 0.25) is 0 Å². The summed E-state index contributed by atoms with van der Waals surface area (Å²) in [4.78, 5) is 10.6. The molecule has 0 aliphatic carbocycles. The SMILES string of the molecule is CCC(O)CCNC(C)C(C)C(=O)O. The molecule has 3 atom stereocenters. The molecule has 3 N–H and O–H groups in total. The van der Waals surface area contributed by atoms with E-state index >= 15 is 0 Å². The molecule has 0 spiro atoms. The van der Waals surface area contributed by atoms with Crippen molar-refractivity contribution < 1.29 is 15.0 Å². The largest absolute Gasteiger partial charge is 0.481 e. The second-order valence-electron chi connectivity index (χ2n) is 3.72. The highest BCUT2D eigenvalue weighted by Gasteiger charge is 2.18. The van der Waals surface area contributed by atoms with Crippen molar-refractivity contribution in [3.63, 3.8) is 0 Å². The van der Waals surface area contributed by atoms with Gasteiger partial charge in [0.15, 0.2) is 0 Å². The molecule has 0 heterocycles. The van der Waals surface area contributed by atoms with Crippen LogP contribution < -0.4 is 5.32 Å². The molecule has 0 saturated heterocycles. The molecule has 0 aromatic heterocycles. The van der Waals surface area contributed by atoms with E-state index in [1.165, 1.54) is 0 Å². The summed E-state index contributed by atoms with van der Waals surface area (Å²) in [6.45, 7) is 6.11. The van der Waals surface area contributed by atoms with E-state index in [4.69, 9.17) is 5.11 Å². The average molecular weight is 203 g/mol. The Morgan fingerprint density at radius 1 is 1.43 bits per heavy atom. The molecule has 0 amide bonds. The van der Waals surface area contributed by atoms with Crippen molar-refractivity contribution in [2.24, 2.45) is 5.92 Å². The molecule has 0 saturated carbocycles. The summed E-state index contributed by atoms with van der Waals surface area (Å²) in [5.74, 6) is -1.19. The standard InChI is InChI=1S/C10H21NO3/c1-4-9(12)5-6-11-8(3)7(2)10(13)14/h7-9,11-12H,4-6H2,1-3H3,(H,13,14). The van der Waals surface area contributed by atoms with Gasteiger partial charge in [0, 0.05) is 6.04 Å². The van der Waals surface area contributed by atoms with E-state index in [0.29, 0.717) is 13.0 Å². The lowest BCUT2D eigenvalue weighted by Crippen LogP contribution is -2.37. The second kappa shape index (κ2) is 6.79. The minimum Gasteiger partial charge on any atom is -0.481 e. The summed E-state index contributed by atoms with van der Waals surface area (Å²) in [6, 6.07) is -0.0587. The van der Waals surface area contributed by atoms with Gasteiger partial charge in [0.25, 0.3) is 0 Å². The van der Waals surface area contributed by atoms with E-state index < -0.39 is 11.9 Å². The van der Waals surface area contributed by atoms with Crippen LogP contribution in [-0.2, 0) is 4.79 Å². The third-order valence-corrected chi connectivity index (χ3v) is 2.55. The molecule has 0 bridgehead atoms. The number of carboxylic acids is 1. The molecule has 0 aliphatic rings. The van der Waals surface area contributed by atoms with E-state index in [9.17, 15) is 9.90 Å². The summed E-state index contributed by atoms with van der Waals surface area (Å²) in [5, 5.41) is 21.1. The number of aliphatic hydroxyl groups excluding tert-OH is 1. The quantitative estimate of drug-likeness (QED) is 0.573. The molecule has 0 aromatic carbocycles. The number of hydrogen-bond acceptors (Lipinski definition) is 3. The Hall–Kier alpha value is -0.610. The average Bonchev–Trinajstić information content (AvgIpc) is 2.15. The van der Waals surface area contributed by atoms with Crippen molar-refractivity contribution >= 4 is 5.97 Å². The van der Waals surface area contributed by atoms with Crippen LogP contribution >= 0.6 is 0 Å². The van der Waals surface area contributed by atoms with Gasteiger partial charge in [-0.15, -0.1) is 0 Å². The Balaban J connectivity index is 3.63. The van der Waals surface area contributed by atoms with Crippen LogP contribution in [0.3, 0.4) is 0 Å². The highest BCUT2D eigenvalue weighted by molar-refractivity contribution is 5.70. The molecular weight excluding hydrogens is 182 g/mol. The molecule has 0 aliphatic heterocycles. The summed E-state index contributed by atoms with van der Waals surface area (Å²) in [6.07, 6.45) is 1.13. The summed E-state index contributed by atoms with van der Waals surface area (Å²) < 4.78 is 0. The molecule has 4 heteroatoms. The first-order valence-electron chi connectivity index (χ1n) is 5.13. The van der Waals surface area contributed by atoms with Gasteiger partial charge in [0.1, 0.15) is 0 Å². The number of aliphatic hydroxyl groups is 1. The fraction of sp³-hybridized carbons (Fsp3) is 0.900. The molecule has 3 unspecified atom stereocenters. The van der Waals surface area contributed by atoms with Gasteiger partial charge in [-0.25, -0.2) is 0 Å². The molecule has 0 fully saturated rings. The zero-order valence-electron chi connectivity index (χ0n) is 9.16. The van der Waals surface area contributed by atoms with Crippen LogP contribution in [-0.4, -0.2) is 34.9 Å². The lowest BCUT2D eigenvalue weighted by molar-refractivity contribution is -0.141. The number of carboxylic acid groups (broad SMARTS) is 1. The molecular formula is C10H21NO3. The fourth-order valence-electron chi connectivity index (χ4n) is 1.07. The smallest absolute Gasteiger partial charge is 0.307 e. The van der Waals surface area contributed by atoms with Gasteiger partial charge in [-0.2, -0.15) is 0 Å². The Labute approximate surface area is 85.3 Å². The van der Waals surface area contributed by atoms with Gasteiger partial charge in [-0.3, -0.25) is 4.79 Å². The van der Waals surface area contributed by atoms with Gasteiger partial charge >= 0.3 is 5.97 Å². The van der Waals surface area contributed by atoms with Crippen molar-refractivity contribution in [3.05, 3.63) is 0 Å². The minimum atomic E-state index is -0.791. The lowest BCUT2D eigenvalue weighted by Gasteiger charge is -2.18. The summed E-state index contributed by atoms with van der Waals surface area (Å²) in [7, 11) is 0. The van der Waals surface area contributed by atoms with Gasteiger partial charge in [-0.1, -0.05) is 13.8 Å². The minimum absolute atomic E-state index is 0.0587. The topological polar surface area (TPSA) is 69.6 Å². The first kappa shape index (κ1) is 13.4. The van der Waals surface area contributed by atoms with Crippen LogP contribution in [0.5, 0.6) is 0 Å². The highest BCUT2D eigenvalue weighted by Crippen LogP contribution is 2.03. The van der Waals surface area contributed by atoms with Crippen molar-refractivity contribution in [1.29, 1.82) is 0 Å². The van der Waals surface area contributed by atoms with Crippen LogP contribution in [0.15, 0.2) is 0 Å². The number of rotatable bonds is 7. The van der Waals surface area contributed by atoms with Crippen LogP contribution in [0.25, 0.3) is 0 Å². The second-order valence-corrected chi connectivity index (χ2v) is 3.72. The fourth-order valence-corrected chi connectivity index (χ4v) is 1.07. The van der Waals surface area contributed by atoms with E-state index in [2.05, 4.69) is 5.32 Å². The first-order chi connectivity index (χ1) is 6.49. The Morgan fingerprint density at radius 3 is 2.43 bits per heavy atom. The van der Waals surface area contributed by atoms with Gasteiger partial charge < -0.3 is 15.5 Å². The van der Waals surface area contributed by atoms with Crippen LogP contribution in [0.2, 0.25) is 0 Å². The predicted octanol–water partition coefficient (Wildman–Crippen LogP) is 0.846. The number of carbonyl (C=O) groups is 1. The van der Waals surface area contributed by atoms with E-state index in [1.54, 1.807) is 6.92 Å². The number of aliphatic carboxylic acids is 1. The summed E-state index contributed by atoms with van der Waals surface area (Å²) >= 11 is 0. The Bertz CT molecular complexity index is 173. The first-order valence-corrected chi connectivity index (χ1v) is 5.13. The lowest BCUT2D eigenvalue weighted by atomic mass is 10.0. The van der Waals surface area contributed by atoms with Crippen LogP contribution in [0.4, 0.5) is 0 Å². The third-order valence-electron chi connectivity index (χ3n) is 2.55. The zero-order chi connectivity index (χ0) is 11.1. The van der Waals surface area contributed by atoms with Crippen molar-refractivity contribution in [3.8, 4) is 0 Å². The maximum atomic E-state index is 10.6. The molecule has 0 rings (SSSR count). The van der Waals surface area contributed by atoms with E-state index in [0.717, 1.165) is 6.42 Å². The number of nitrogens with one attached hydrogen (secondary N) is 1. The Kier molecular flexibility index (Phi) is 6.49. The monoisotopic (exact) mass is 203 g/mol. The zero-order valence-corrected chi connectivity index (χ0v) is 9.16. The molecule has 4 nitrogen and oxygen atoms in total. The normalized spacial score (nSPS) is 17.4. The molecule has 0 aromatic rings. The molecule has 14 heavy (non-hydrogen) atoms. The van der Waals surface area contributed by atoms with E-state index in [1.807, 2.05) is 13.8 Å².